The fourth-order valence-electron chi connectivity index (χ4n) is 0.830. The van der Waals surface area contributed by atoms with E-state index in [2.05, 4.69) is 15.9 Å². The Morgan fingerprint density at radius 3 is 2.75 bits per heavy atom. The number of benzene rings is 1. The molecule has 0 aliphatic heterocycles. The number of alkyl halides is 1. The molecule has 0 saturated heterocycles. The molecular formula is C7H5BBrNO2. The summed E-state index contributed by atoms with van der Waals surface area (Å²) in [6.07, 6.45) is 0. The molecule has 2 radical (unpaired) electrons. The van der Waals surface area contributed by atoms with Crippen molar-refractivity contribution >= 4 is 34.9 Å². The van der Waals surface area contributed by atoms with Crippen molar-refractivity contribution in [3.8, 4) is 0 Å². The normalized spacial score (nSPS) is 9.75. The molecule has 1 aromatic rings. The predicted octanol–water partition coefficient (Wildman–Crippen LogP) is 1.28. The Hall–Kier alpha value is -0.835. The van der Waals surface area contributed by atoms with Crippen LogP contribution in [-0.4, -0.2) is 12.8 Å². The molecule has 3 nitrogen and oxygen atoms in total. The molecular weight excluding hydrogens is 221 g/mol. The zero-order chi connectivity index (χ0) is 9.14. The van der Waals surface area contributed by atoms with E-state index in [-0.39, 0.29) is 11.2 Å². The van der Waals surface area contributed by atoms with E-state index in [1.54, 1.807) is 6.07 Å². The van der Waals surface area contributed by atoms with Gasteiger partial charge in [0.1, 0.15) is 7.85 Å². The van der Waals surface area contributed by atoms with E-state index in [1.807, 2.05) is 0 Å². The van der Waals surface area contributed by atoms with E-state index in [9.17, 15) is 10.1 Å². The lowest BCUT2D eigenvalue weighted by Crippen LogP contribution is -2.09. The van der Waals surface area contributed by atoms with Gasteiger partial charge in [-0.05, 0) is 11.0 Å². The first kappa shape index (κ1) is 9.25. The van der Waals surface area contributed by atoms with Crippen molar-refractivity contribution in [2.75, 3.05) is 0 Å². The Kier molecular flexibility index (Phi) is 2.86. The van der Waals surface area contributed by atoms with Crippen LogP contribution in [0, 0.1) is 10.1 Å². The summed E-state index contributed by atoms with van der Waals surface area (Å²) in [5, 5.41) is 11.0. The third-order valence-electron chi connectivity index (χ3n) is 1.45. The maximum absolute atomic E-state index is 10.4. The number of nitro groups is 1. The van der Waals surface area contributed by atoms with Gasteiger partial charge in [-0.2, -0.15) is 0 Å². The van der Waals surface area contributed by atoms with Gasteiger partial charge in [0.15, 0.2) is 0 Å². The van der Waals surface area contributed by atoms with Gasteiger partial charge in [-0.3, -0.25) is 10.1 Å². The Morgan fingerprint density at radius 2 is 2.25 bits per heavy atom. The first-order valence-corrected chi connectivity index (χ1v) is 4.36. The van der Waals surface area contributed by atoms with Crippen molar-refractivity contribution in [3.63, 3.8) is 0 Å². The molecule has 1 aromatic carbocycles. The molecule has 0 heterocycles. The average Bonchev–Trinajstić information content (AvgIpc) is 2.05. The molecule has 12 heavy (non-hydrogen) atoms. The van der Waals surface area contributed by atoms with Crippen LogP contribution in [0.5, 0.6) is 0 Å². The summed E-state index contributed by atoms with van der Waals surface area (Å²) in [6.45, 7) is 0. The van der Waals surface area contributed by atoms with Crippen molar-refractivity contribution in [3.05, 3.63) is 33.9 Å². The van der Waals surface area contributed by atoms with Crippen molar-refractivity contribution < 1.29 is 4.92 Å². The van der Waals surface area contributed by atoms with Crippen LogP contribution in [0.3, 0.4) is 0 Å². The fraction of sp³-hybridized carbons (Fsp3) is 0.143. The number of hydrogen-bond acceptors (Lipinski definition) is 2. The van der Waals surface area contributed by atoms with Crippen molar-refractivity contribution in [2.45, 2.75) is 5.33 Å². The number of halogens is 1. The average molecular weight is 226 g/mol. The third-order valence-corrected chi connectivity index (χ3v) is 2.09. The molecule has 0 spiro atoms. The number of nitrogens with zero attached hydrogens (tertiary/aromatic N) is 1. The summed E-state index contributed by atoms with van der Waals surface area (Å²) in [6, 6.07) is 4.75. The Morgan fingerprint density at radius 1 is 1.58 bits per heavy atom. The number of nitro benzene ring substituents is 1. The molecule has 5 heteroatoms. The monoisotopic (exact) mass is 225 g/mol. The Labute approximate surface area is 79.5 Å². The van der Waals surface area contributed by atoms with Gasteiger partial charge >= 0.3 is 0 Å². The minimum atomic E-state index is -0.485. The molecule has 0 fully saturated rings. The van der Waals surface area contributed by atoms with Crippen molar-refractivity contribution in [2.24, 2.45) is 0 Å². The second kappa shape index (κ2) is 3.71. The number of rotatable bonds is 2. The summed E-state index contributed by atoms with van der Waals surface area (Å²) in [5.74, 6) is 0. The maximum atomic E-state index is 10.4. The topological polar surface area (TPSA) is 43.1 Å². The van der Waals surface area contributed by atoms with Crippen LogP contribution in [0.2, 0.25) is 0 Å². The summed E-state index contributed by atoms with van der Waals surface area (Å²) >= 11 is 3.20. The van der Waals surface area contributed by atoms with Gasteiger partial charge in [-0.25, -0.2) is 0 Å². The molecule has 60 valence electrons. The molecule has 0 amide bonds. The first-order valence-electron chi connectivity index (χ1n) is 3.24. The molecule has 0 N–H and O–H groups in total. The quantitative estimate of drug-likeness (QED) is 0.330. The molecule has 0 aliphatic rings. The first-order chi connectivity index (χ1) is 5.65. The van der Waals surface area contributed by atoms with Gasteiger partial charge in [-0.1, -0.05) is 28.1 Å². The Balaban J connectivity index is 3.17. The predicted molar refractivity (Wildman–Crippen MR) is 51.1 cm³/mol. The zero-order valence-corrected chi connectivity index (χ0v) is 7.74. The lowest BCUT2D eigenvalue weighted by atomic mass is 9.93. The van der Waals surface area contributed by atoms with Gasteiger partial charge < -0.3 is 0 Å². The minimum Gasteiger partial charge on any atom is -0.258 e. The third kappa shape index (κ3) is 1.85. The molecule has 0 saturated carbocycles. The van der Waals surface area contributed by atoms with E-state index in [0.717, 1.165) is 5.56 Å². The van der Waals surface area contributed by atoms with Crippen LogP contribution in [0.15, 0.2) is 18.2 Å². The van der Waals surface area contributed by atoms with E-state index in [0.29, 0.717) is 5.33 Å². The largest absolute Gasteiger partial charge is 0.262 e. The second-order valence-corrected chi connectivity index (χ2v) is 2.84. The van der Waals surface area contributed by atoms with Crippen LogP contribution >= 0.6 is 15.9 Å². The standard InChI is InChI=1S/C7H5BBrNO2/c8-6-2-1-5(4-9)3-7(6)10(11)12/h1-3H,4H2. The highest BCUT2D eigenvalue weighted by Gasteiger charge is 2.09. The van der Waals surface area contributed by atoms with Gasteiger partial charge in [0.05, 0.1) is 4.92 Å². The SMILES string of the molecule is [B]c1ccc(CBr)cc1[N+](=O)[O-]. The van der Waals surface area contributed by atoms with Crippen LogP contribution in [0.4, 0.5) is 5.69 Å². The highest BCUT2D eigenvalue weighted by Crippen LogP contribution is 2.12. The number of hydrogen-bond donors (Lipinski definition) is 0. The lowest BCUT2D eigenvalue weighted by molar-refractivity contribution is -0.383. The fourth-order valence-corrected chi connectivity index (χ4v) is 1.18. The summed E-state index contributed by atoms with van der Waals surface area (Å²) in [5.41, 5.74) is 1.01. The van der Waals surface area contributed by atoms with E-state index in [4.69, 9.17) is 7.85 Å². The van der Waals surface area contributed by atoms with Gasteiger partial charge in [0.2, 0.25) is 0 Å². The molecule has 0 atom stereocenters. The van der Waals surface area contributed by atoms with Crippen LogP contribution in [-0.2, 0) is 5.33 Å². The molecule has 0 unspecified atom stereocenters. The molecule has 0 aromatic heterocycles. The van der Waals surface area contributed by atoms with Gasteiger partial charge in [0.25, 0.3) is 5.69 Å². The van der Waals surface area contributed by atoms with E-state index < -0.39 is 4.92 Å². The summed E-state index contributed by atoms with van der Waals surface area (Å²) in [4.78, 5) is 9.92. The zero-order valence-electron chi connectivity index (χ0n) is 6.16. The van der Waals surface area contributed by atoms with Crippen LogP contribution in [0.25, 0.3) is 0 Å². The summed E-state index contributed by atoms with van der Waals surface area (Å²) in [7, 11) is 5.39. The van der Waals surface area contributed by atoms with Crippen molar-refractivity contribution in [1.82, 2.24) is 0 Å². The van der Waals surface area contributed by atoms with Gasteiger partial charge in [0, 0.05) is 11.4 Å². The molecule has 0 aliphatic carbocycles. The van der Waals surface area contributed by atoms with Gasteiger partial charge in [-0.15, -0.1) is 0 Å². The summed E-state index contributed by atoms with van der Waals surface area (Å²) < 4.78 is 0. The lowest BCUT2D eigenvalue weighted by Gasteiger charge is -1.98. The minimum absolute atomic E-state index is 0.0352. The maximum Gasteiger partial charge on any atom is 0.262 e. The molecule has 0 bridgehead atoms. The smallest absolute Gasteiger partial charge is 0.258 e. The van der Waals surface area contributed by atoms with Crippen molar-refractivity contribution in [1.29, 1.82) is 0 Å². The molecule has 1 rings (SSSR count). The van der Waals surface area contributed by atoms with Crippen LogP contribution in [0.1, 0.15) is 5.56 Å². The van der Waals surface area contributed by atoms with Crippen LogP contribution < -0.4 is 5.46 Å². The van der Waals surface area contributed by atoms with E-state index in [1.165, 1.54) is 12.1 Å². The highest BCUT2D eigenvalue weighted by molar-refractivity contribution is 9.08. The van der Waals surface area contributed by atoms with E-state index >= 15 is 0 Å². The second-order valence-electron chi connectivity index (χ2n) is 2.28. The Bertz CT molecular complexity index is 316. The highest BCUT2D eigenvalue weighted by atomic mass is 79.9.